The minimum Gasteiger partial charge on any atom is -0.326 e. The van der Waals surface area contributed by atoms with Crippen LogP contribution in [0.25, 0.3) is 12.2 Å². The van der Waals surface area contributed by atoms with Crippen LogP contribution in [0.1, 0.15) is 16.7 Å². The maximum atomic E-state index is 12.4. The molecule has 0 aromatic heterocycles. The van der Waals surface area contributed by atoms with Crippen LogP contribution in [0.15, 0.2) is 60.7 Å². The van der Waals surface area contributed by atoms with E-state index in [1.54, 1.807) is 48.6 Å². The zero-order valence-electron chi connectivity index (χ0n) is 18.6. The molecule has 1 amide bonds. The predicted molar refractivity (Wildman–Crippen MR) is 136 cm³/mol. The Hall–Kier alpha value is -2.58. The maximum Gasteiger partial charge on any atom is 0.262 e. The molecular weight excluding hydrogens is 516 g/mol. The van der Waals surface area contributed by atoms with Gasteiger partial charge in [-0.2, -0.15) is 0 Å². The third kappa shape index (κ3) is 10.7. The lowest BCUT2D eigenvalue weighted by Crippen LogP contribution is -2.52. The summed E-state index contributed by atoms with van der Waals surface area (Å²) < 4.78 is 53.5. The molecule has 2 rings (SSSR count). The molecule has 0 bridgehead atoms. The predicted octanol–water partition coefficient (Wildman–Crippen LogP) is 1.24. The molecule has 0 spiro atoms. The second kappa shape index (κ2) is 13.5. The molecule has 2 aromatic carbocycles. The molecule has 10 nitrogen and oxygen atoms in total. The van der Waals surface area contributed by atoms with Gasteiger partial charge in [-0.05, 0) is 28.8 Å². The summed E-state index contributed by atoms with van der Waals surface area (Å²) in [6.45, 7) is -0.216. The average Bonchev–Trinajstić information content (AvgIpc) is 2.82. The van der Waals surface area contributed by atoms with Gasteiger partial charge in [0.15, 0.2) is 0 Å². The fourth-order valence-electron chi connectivity index (χ4n) is 2.76. The van der Waals surface area contributed by atoms with Gasteiger partial charge < -0.3 is 5.73 Å². The Balaban J connectivity index is 1.95. The number of benzene rings is 2. The van der Waals surface area contributed by atoms with Crippen molar-refractivity contribution in [2.24, 2.45) is 5.73 Å². The van der Waals surface area contributed by atoms with Gasteiger partial charge in [0.25, 0.3) is 5.91 Å². The molecule has 1 atom stereocenters. The molecule has 1 unspecified atom stereocenters. The Morgan fingerprint density at radius 1 is 0.914 bits per heavy atom. The summed E-state index contributed by atoms with van der Waals surface area (Å²) in [6, 6.07) is 12.3. The first-order valence-electron chi connectivity index (χ1n) is 10.3. The third-order valence-corrected chi connectivity index (χ3v) is 7.36. The molecule has 13 heteroatoms. The molecule has 0 radical (unpaired) electrons. The van der Waals surface area contributed by atoms with E-state index in [1.807, 2.05) is 12.1 Å². The summed E-state index contributed by atoms with van der Waals surface area (Å²) in [4.78, 5) is 11.9. The van der Waals surface area contributed by atoms with E-state index in [1.165, 1.54) is 17.6 Å². The van der Waals surface area contributed by atoms with E-state index in [9.17, 15) is 21.6 Å². The van der Waals surface area contributed by atoms with E-state index >= 15 is 0 Å². The number of carbonyl (C=O) groups excluding carboxylic acids is 1. The maximum absolute atomic E-state index is 12.4. The van der Waals surface area contributed by atoms with Gasteiger partial charge in [-0.3, -0.25) is 10.0 Å². The molecule has 0 aliphatic heterocycles. The fourth-order valence-corrected chi connectivity index (χ4v) is 4.84. The van der Waals surface area contributed by atoms with Crippen molar-refractivity contribution >= 4 is 49.7 Å². The zero-order chi connectivity index (χ0) is 25.9. The van der Waals surface area contributed by atoms with Crippen molar-refractivity contribution in [3.8, 4) is 0 Å². The van der Waals surface area contributed by atoms with E-state index in [-0.39, 0.29) is 0 Å². The van der Waals surface area contributed by atoms with Gasteiger partial charge in [-0.25, -0.2) is 31.8 Å². The fraction of sp³-hybridized carbons (Fsp3) is 0.227. The van der Waals surface area contributed by atoms with Crippen LogP contribution in [0.3, 0.4) is 0 Å². The largest absolute Gasteiger partial charge is 0.326 e. The molecule has 0 aliphatic carbocycles. The van der Waals surface area contributed by atoms with E-state index in [4.69, 9.17) is 22.5 Å². The van der Waals surface area contributed by atoms with Gasteiger partial charge in [0.2, 0.25) is 20.0 Å². The summed E-state index contributed by atoms with van der Waals surface area (Å²) >= 11 is 5.80. The van der Waals surface area contributed by atoms with Gasteiger partial charge in [0.1, 0.15) is 6.04 Å². The Morgan fingerprint density at radius 2 is 1.43 bits per heavy atom. The van der Waals surface area contributed by atoms with Crippen LogP contribution >= 0.6 is 11.6 Å². The highest BCUT2D eigenvalue weighted by Crippen LogP contribution is 2.10. The number of amides is 1. The van der Waals surface area contributed by atoms with Crippen molar-refractivity contribution in [2.45, 2.75) is 12.6 Å². The first kappa shape index (κ1) is 28.7. The van der Waals surface area contributed by atoms with Gasteiger partial charge in [0, 0.05) is 18.1 Å². The number of rotatable bonds is 13. The summed E-state index contributed by atoms with van der Waals surface area (Å²) in [5.74, 6) is -2.01. The van der Waals surface area contributed by atoms with Crippen LogP contribution in [-0.4, -0.2) is 52.0 Å². The highest BCUT2D eigenvalue weighted by atomic mass is 35.5. The van der Waals surface area contributed by atoms with Gasteiger partial charge in [-0.1, -0.05) is 72.3 Å². The second-order valence-electron chi connectivity index (χ2n) is 7.36. The molecule has 0 aliphatic rings. The number of halogens is 1. The number of hydrogen-bond acceptors (Lipinski definition) is 7. The van der Waals surface area contributed by atoms with Crippen LogP contribution in [0, 0.1) is 0 Å². The van der Waals surface area contributed by atoms with Gasteiger partial charge >= 0.3 is 0 Å². The minimum atomic E-state index is -4.03. The molecule has 35 heavy (non-hydrogen) atoms. The smallest absolute Gasteiger partial charge is 0.262 e. The highest BCUT2D eigenvalue weighted by Gasteiger charge is 2.25. The highest BCUT2D eigenvalue weighted by molar-refractivity contribution is 7.90. The van der Waals surface area contributed by atoms with Crippen LogP contribution in [0.2, 0.25) is 5.02 Å². The quantitative estimate of drug-likeness (QED) is 0.187. The molecule has 0 saturated heterocycles. The number of sulfonamides is 2. The Bertz CT molecular complexity index is 1250. The van der Waals surface area contributed by atoms with Crippen molar-refractivity contribution < 1.29 is 26.8 Å². The summed E-state index contributed by atoms with van der Waals surface area (Å²) in [5.41, 5.74) is 9.28. The lowest BCUT2D eigenvalue weighted by atomic mass is 10.1. The van der Waals surface area contributed by atoms with Crippen LogP contribution < -0.4 is 20.7 Å². The van der Waals surface area contributed by atoms with E-state index in [0.29, 0.717) is 11.6 Å². The monoisotopic (exact) mass is 542 g/mol. The molecule has 0 heterocycles. The first-order chi connectivity index (χ1) is 16.5. The van der Waals surface area contributed by atoms with Crippen molar-refractivity contribution in [3.05, 3.63) is 82.4 Å². The topological polar surface area (TPSA) is 168 Å². The Morgan fingerprint density at radius 3 is 1.94 bits per heavy atom. The average molecular weight is 543 g/mol. The van der Waals surface area contributed by atoms with Crippen molar-refractivity contribution in [3.63, 3.8) is 0 Å². The summed E-state index contributed by atoms with van der Waals surface area (Å²) in [7, 11) is -7.92. The van der Waals surface area contributed by atoms with Gasteiger partial charge in [0.05, 0.1) is 11.5 Å². The van der Waals surface area contributed by atoms with E-state index in [2.05, 4.69) is 9.44 Å². The molecular formula is C22H27ClN4O6S2. The number of nitrogens with two attached hydrogens (primary N) is 1. The Kier molecular flexibility index (Phi) is 11.0. The van der Waals surface area contributed by atoms with Crippen molar-refractivity contribution in [2.75, 3.05) is 18.1 Å². The molecule has 2 aromatic rings. The Labute approximate surface area is 209 Å². The molecule has 6 N–H and O–H groups in total. The standard InChI is InChI=1S/C22H27ClN4O6S2/c23-20-11-9-18(10-12-20)3-1-13-34(30,31)25-16-21(22(28)26-29)27-35(32,33)14-2-4-17-5-7-19(15-24)8-6-17/h1-12,21,25,27,29H,13-16,24H2,(H,26,28). The lowest BCUT2D eigenvalue weighted by molar-refractivity contribution is -0.130. The van der Waals surface area contributed by atoms with Crippen molar-refractivity contribution in [1.82, 2.24) is 14.9 Å². The zero-order valence-corrected chi connectivity index (χ0v) is 21.0. The summed E-state index contributed by atoms with van der Waals surface area (Å²) in [5, 5.41) is 9.48. The normalized spacial score (nSPS) is 13.3. The van der Waals surface area contributed by atoms with Crippen LogP contribution in [0.5, 0.6) is 0 Å². The lowest BCUT2D eigenvalue weighted by Gasteiger charge is -2.17. The van der Waals surface area contributed by atoms with Crippen LogP contribution in [-0.2, 0) is 31.4 Å². The van der Waals surface area contributed by atoms with Gasteiger partial charge in [-0.15, -0.1) is 0 Å². The van der Waals surface area contributed by atoms with Crippen LogP contribution in [0.4, 0.5) is 0 Å². The first-order valence-corrected chi connectivity index (χ1v) is 14.0. The van der Waals surface area contributed by atoms with E-state index < -0.39 is 50.0 Å². The molecule has 0 fully saturated rings. The third-order valence-electron chi connectivity index (χ3n) is 4.59. The number of nitrogens with one attached hydrogen (secondary N) is 3. The number of hydrogen-bond donors (Lipinski definition) is 5. The molecule has 190 valence electrons. The number of hydroxylamine groups is 1. The SMILES string of the molecule is NCc1ccc(C=CCS(=O)(=O)NC(CNS(=O)(=O)CC=Cc2ccc(Cl)cc2)C(=O)NO)cc1. The summed E-state index contributed by atoms with van der Waals surface area (Å²) in [6.07, 6.45) is 5.92. The second-order valence-corrected chi connectivity index (χ2v) is 11.4. The number of carbonyl (C=O) groups is 1. The minimum absolute atomic E-state index is 0.388. The van der Waals surface area contributed by atoms with Crippen molar-refractivity contribution in [1.29, 1.82) is 0 Å². The van der Waals surface area contributed by atoms with E-state index in [0.717, 1.165) is 16.7 Å². The molecule has 0 saturated carbocycles.